The Morgan fingerprint density at radius 3 is 2.84 bits per heavy atom. The van der Waals surface area contributed by atoms with Crippen LogP contribution in [0.25, 0.3) is 0 Å². The summed E-state index contributed by atoms with van der Waals surface area (Å²) in [5.74, 6) is -1.50. The number of hydrogen-bond donors (Lipinski definition) is 1. The molecule has 5 nitrogen and oxygen atoms in total. The Bertz CT molecular complexity index is 498. The van der Waals surface area contributed by atoms with E-state index in [1.54, 1.807) is 17.9 Å². The zero-order valence-electron chi connectivity index (χ0n) is 10.6. The molecule has 1 aliphatic rings. The van der Waals surface area contributed by atoms with Crippen LogP contribution in [0.15, 0.2) is 12.1 Å². The van der Waals surface area contributed by atoms with Crippen LogP contribution in [0.1, 0.15) is 28.9 Å². The van der Waals surface area contributed by atoms with Crippen LogP contribution in [0.3, 0.4) is 0 Å². The number of carboxylic acids is 1. The van der Waals surface area contributed by atoms with Crippen molar-refractivity contribution in [2.24, 2.45) is 5.92 Å². The first kappa shape index (κ1) is 13.8. The molecule has 0 radical (unpaired) electrons. The summed E-state index contributed by atoms with van der Waals surface area (Å²) >= 11 is 5.84. The van der Waals surface area contributed by atoms with E-state index in [4.69, 9.17) is 16.7 Å². The summed E-state index contributed by atoms with van der Waals surface area (Å²) in [5, 5.41) is 9.30. The van der Waals surface area contributed by atoms with Gasteiger partial charge in [-0.2, -0.15) is 0 Å². The van der Waals surface area contributed by atoms with Gasteiger partial charge in [0.1, 0.15) is 5.15 Å². The maximum Gasteiger partial charge on any atom is 0.308 e. The number of rotatable bonds is 2. The van der Waals surface area contributed by atoms with Gasteiger partial charge in [0.25, 0.3) is 5.91 Å². The van der Waals surface area contributed by atoms with Crippen molar-refractivity contribution < 1.29 is 14.7 Å². The number of likely N-dealkylation sites (tertiary alicyclic amines) is 1. The number of pyridine rings is 1. The third-order valence-electron chi connectivity index (χ3n) is 3.23. The Hall–Kier alpha value is -1.62. The van der Waals surface area contributed by atoms with Gasteiger partial charge in [0.15, 0.2) is 0 Å². The average molecular weight is 283 g/mol. The number of aryl methyl sites for hydroxylation is 1. The first-order valence-corrected chi connectivity index (χ1v) is 6.51. The molecule has 0 unspecified atom stereocenters. The van der Waals surface area contributed by atoms with E-state index in [9.17, 15) is 9.59 Å². The summed E-state index contributed by atoms with van der Waals surface area (Å²) in [6.07, 6.45) is 1.33. The van der Waals surface area contributed by atoms with Crippen molar-refractivity contribution in [3.05, 3.63) is 28.5 Å². The van der Waals surface area contributed by atoms with Gasteiger partial charge in [0.2, 0.25) is 0 Å². The fraction of sp³-hybridized carbons (Fsp3) is 0.462. The summed E-state index contributed by atoms with van der Waals surface area (Å²) in [4.78, 5) is 28.9. The van der Waals surface area contributed by atoms with Gasteiger partial charge < -0.3 is 10.0 Å². The van der Waals surface area contributed by atoms with Crippen LogP contribution in [0, 0.1) is 12.8 Å². The van der Waals surface area contributed by atoms with Gasteiger partial charge in [0, 0.05) is 24.3 Å². The molecule has 0 aliphatic carbocycles. The summed E-state index contributed by atoms with van der Waals surface area (Å²) in [6.45, 7) is 2.60. The molecule has 0 saturated carbocycles. The second-order valence-electron chi connectivity index (χ2n) is 4.75. The highest BCUT2D eigenvalue weighted by molar-refractivity contribution is 6.29. The Kier molecular flexibility index (Phi) is 4.04. The number of nitrogens with zero attached hydrogens (tertiary/aromatic N) is 2. The molecule has 1 atom stereocenters. The number of aliphatic carboxylic acids is 1. The molecule has 0 aromatic carbocycles. The predicted molar refractivity (Wildman–Crippen MR) is 70.2 cm³/mol. The van der Waals surface area contributed by atoms with Crippen LogP contribution in [0.5, 0.6) is 0 Å². The number of carbonyl (C=O) groups is 2. The largest absolute Gasteiger partial charge is 0.481 e. The minimum Gasteiger partial charge on any atom is -0.481 e. The van der Waals surface area contributed by atoms with E-state index < -0.39 is 11.9 Å². The van der Waals surface area contributed by atoms with Crippen molar-refractivity contribution in [1.29, 1.82) is 0 Å². The molecule has 1 saturated heterocycles. The number of halogens is 1. The number of amides is 1. The molecule has 1 aromatic rings. The molecule has 0 spiro atoms. The summed E-state index contributed by atoms with van der Waals surface area (Å²) in [6, 6.07) is 3.18. The maximum absolute atomic E-state index is 12.3. The van der Waals surface area contributed by atoms with E-state index in [-0.39, 0.29) is 17.6 Å². The van der Waals surface area contributed by atoms with E-state index in [0.717, 1.165) is 0 Å². The Labute approximate surface area is 116 Å². The molecule has 102 valence electrons. The highest BCUT2D eigenvalue weighted by atomic mass is 35.5. The first-order chi connectivity index (χ1) is 8.97. The highest BCUT2D eigenvalue weighted by Crippen LogP contribution is 2.20. The minimum atomic E-state index is -0.846. The smallest absolute Gasteiger partial charge is 0.308 e. The molecule has 6 heteroatoms. The molecule has 1 aromatic heterocycles. The Balaban J connectivity index is 2.16. The number of carboxylic acid groups (broad SMARTS) is 1. The van der Waals surface area contributed by atoms with Gasteiger partial charge in [-0.25, -0.2) is 4.98 Å². The molecule has 1 N–H and O–H groups in total. The van der Waals surface area contributed by atoms with Gasteiger partial charge >= 0.3 is 5.97 Å². The molecular formula is C13H15ClN2O3. The van der Waals surface area contributed by atoms with Gasteiger partial charge in [-0.3, -0.25) is 9.59 Å². The topological polar surface area (TPSA) is 70.5 Å². The minimum absolute atomic E-state index is 0.182. The molecule has 19 heavy (non-hydrogen) atoms. The fourth-order valence-corrected chi connectivity index (χ4v) is 2.55. The van der Waals surface area contributed by atoms with Crippen LogP contribution in [-0.4, -0.2) is 40.0 Å². The van der Waals surface area contributed by atoms with E-state index in [1.165, 1.54) is 6.07 Å². The lowest BCUT2D eigenvalue weighted by atomic mass is 9.97. The van der Waals surface area contributed by atoms with Gasteiger partial charge in [-0.05, 0) is 31.9 Å². The lowest BCUT2D eigenvalue weighted by molar-refractivity contribution is -0.143. The zero-order chi connectivity index (χ0) is 14.0. The van der Waals surface area contributed by atoms with E-state index in [0.29, 0.717) is 30.6 Å². The monoisotopic (exact) mass is 282 g/mol. The summed E-state index contributed by atoms with van der Waals surface area (Å²) in [5.41, 5.74) is 1.13. The van der Waals surface area contributed by atoms with Crippen LogP contribution >= 0.6 is 11.6 Å². The normalized spacial score (nSPS) is 19.3. The number of hydrogen-bond acceptors (Lipinski definition) is 3. The van der Waals surface area contributed by atoms with Crippen LogP contribution < -0.4 is 0 Å². The highest BCUT2D eigenvalue weighted by Gasteiger charge is 2.28. The molecular weight excluding hydrogens is 268 g/mol. The van der Waals surface area contributed by atoms with Crippen molar-refractivity contribution in [3.8, 4) is 0 Å². The van der Waals surface area contributed by atoms with Gasteiger partial charge in [-0.15, -0.1) is 0 Å². The third-order valence-corrected chi connectivity index (χ3v) is 3.42. The zero-order valence-corrected chi connectivity index (χ0v) is 11.4. The van der Waals surface area contributed by atoms with E-state index in [1.807, 2.05) is 0 Å². The standard InChI is InChI=1S/C13H15ClN2O3/c1-8-5-10(6-11(14)15-8)12(17)16-4-2-3-9(7-16)13(18)19/h5-6,9H,2-4,7H2,1H3,(H,18,19)/t9-/m0/s1. The van der Waals surface area contributed by atoms with Gasteiger partial charge in [-0.1, -0.05) is 11.6 Å². The summed E-state index contributed by atoms with van der Waals surface area (Å²) in [7, 11) is 0. The van der Waals surface area contributed by atoms with Crippen molar-refractivity contribution >= 4 is 23.5 Å². The number of piperidine rings is 1. The average Bonchev–Trinajstić information content (AvgIpc) is 2.37. The summed E-state index contributed by atoms with van der Waals surface area (Å²) < 4.78 is 0. The third kappa shape index (κ3) is 3.23. The maximum atomic E-state index is 12.3. The van der Waals surface area contributed by atoms with E-state index >= 15 is 0 Å². The van der Waals surface area contributed by atoms with Crippen molar-refractivity contribution in [2.45, 2.75) is 19.8 Å². The second kappa shape index (κ2) is 5.57. The fourth-order valence-electron chi connectivity index (χ4n) is 2.30. The number of carbonyl (C=O) groups excluding carboxylic acids is 1. The van der Waals surface area contributed by atoms with Crippen molar-refractivity contribution in [3.63, 3.8) is 0 Å². The van der Waals surface area contributed by atoms with Crippen LogP contribution in [-0.2, 0) is 4.79 Å². The second-order valence-corrected chi connectivity index (χ2v) is 5.14. The molecule has 2 heterocycles. The Morgan fingerprint density at radius 2 is 2.21 bits per heavy atom. The van der Waals surface area contributed by atoms with Crippen LogP contribution in [0.2, 0.25) is 5.15 Å². The lowest BCUT2D eigenvalue weighted by Crippen LogP contribution is -2.42. The number of aromatic nitrogens is 1. The quantitative estimate of drug-likeness (QED) is 0.842. The molecule has 2 rings (SSSR count). The van der Waals surface area contributed by atoms with E-state index in [2.05, 4.69) is 4.98 Å². The molecule has 1 aliphatic heterocycles. The van der Waals surface area contributed by atoms with Crippen molar-refractivity contribution in [1.82, 2.24) is 9.88 Å². The SMILES string of the molecule is Cc1cc(C(=O)N2CCC[C@H](C(=O)O)C2)cc(Cl)n1. The molecule has 0 bridgehead atoms. The molecule has 1 fully saturated rings. The first-order valence-electron chi connectivity index (χ1n) is 6.13. The van der Waals surface area contributed by atoms with Crippen molar-refractivity contribution in [2.75, 3.05) is 13.1 Å². The van der Waals surface area contributed by atoms with Gasteiger partial charge in [0.05, 0.1) is 5.92 Å². The molecule has 1 amide bonds. The predicted octanol–water partition coefficient (Wildman–Crippen LogP) is 1.98. The van der Waals surface area contributed by atoms with Crippen LogP contribution in [0.4, 0.5) is 0 Å². The lowest BCUT2D eigenvalue weighted by Gasteiger charge is -2.30. The Morgan fingerprint density at radius 1 is 1.47 bits per heavy atom.